The number of hydrogen-bond donors (Lipinski definition) is 1. The highest BCUT2D eigenvalue weighted by Crippen LogP contribution is 2.36. The Kier molecular flexibility index (Phi) is 3.73. The van der Waals surface area contributed by atoms with Crippen LogP contribution in [0.1, 0.15) is 0 Å². The van der Waals surface area contributed by atoms with Crippen LogP contribution in [0, 0.1) is 0 Å². The molecule has 5 aromatic rings. The van der Waals surface area contributed by atoms with Crippen molar-refractivity contribution in [3.63, 3.8) is 0 Å². The van der Waals surface area contributed by atoms with Gasteiger partial charge in [0.25, 0.3) is 0 Å². The Morgan fingerprint density at radius 3 is 2.11 bits per heavy atom. The zero-order valence-corrected chi connectivity index (χ0v) is 14.9. The molecule has 1 N–H and O–H groups in total. The van der Waals surface area contributed by atoms with E-state index in [1.165, 1.54) is 12.1 Å². The third kappa shape index (κ3) is 2.65. The molecule has 0 unspecified atom stereocenters. The lowest BCUT2D eigenvalue weighted by Crippen LogP contribution is -2.01. The molecule has 0 aliphatic heterocycles. The minimum absolute atomic E-state index is 0.0698. The lowest BCUT2D eigenvalue weighted by atomic mass is 9.94. The molecular formula is C25H16O3. The monoisotopic (exact) mass is 364 g/mol. The molecule has 4 aromatic carbocycles. The van der Waals surface area contributed by atoms with Crippen molar-refractivity contribution < 1.29 is 9.52 Å². The van der Waals surface area contributed by atoms with E-state index in [0.717, 1.165) is 27.5 Å². The number of fused-ring (bicyclic) bond motifs is 2. The first-order valence-corrected chi connectivity index (χ1v) is 9.05. The Morgan fingerprint density at radius 1 is 0.679 bits per heavy atom. The third-order valence-electron chi connectivity index (χ3n) is 4.97. The lowest BCUT2D eigenvalue weighted by Gasteiger charge is -2.12. The van der Waals surface area contributed by atoms with E-state index in [0.29, 0.717) is 11.3 Å². The molecule has 0 aliphatic carbocycles. The molecule has 0 saturated carbocycles. The van der Waals surface area contributed by atoms with Crippen LogP contribution in [0.5, 0.6) is 5.75 Å². The minimum Gasteiger partial charge on any atom is -0.507 e. The van der Waals surface area contributed by atoms with Crippen LogP contribution in [0.25, 0.3) is 44.2 Å². The summed E-state index contributed by atoms with van der Waals surface area (Å²) in [6.07, 6.45) is 0. The van der Waals surface area contributed by atoms with Gasteiger partial charge in [0, 0.05) is 11.6 Å². The van der Waals surface area contributed by atoms with Gasteiger partial charge in [0.2, 0.25) is 0 Å². The highest BCUT2D eigenvalue weighted by Gasteiger charge is 2.15. The van der Waals surface area contributed by atoms with E-state index in [4.69, 9.17) is 4.42 Å². The van der Waals surface area contributed by atoms with Crippen LogP contribution in [0.2, 0.25) is 0 Å². The van der Waals surface area contributed by atoms with Gasteiger partial charge < -0.3 is 9.52 Å². The number of aromatic hydroxyl groups is 1. The third-order valence-corrected chi connectivity index (χ3v) is 4.97. The number of rotatable bonds is 2. The summed E-state index contributed by atoms with van der Waals surface area (Å²) in [5, 5.41) is 12.4. The molecule has 0 aliphatic rings. The second kappa shape index (κ2) is 6.39. The summed E-state index contributed by atoms with van der Waals surface area (Å²) in [7, 11) is 0. The first-order valence-electron chi connectivity index (χ1n) is 9.05. The van der Waals surface area contributed by atoms with Crippen LogP contribution in [0.4, 0.5) is 0 Å². The quantitative estimate of drug-likeness (QED) is 0.419. The van der Waals surface area contributed by atoms with Gasteiger partial charge in [-0.25, -0.2) is 0 Å². The maximum absolute atomic E-state index is 12.7. The van der Waals surface area contributed by atoms with E-state index in [-0.39, 0.29) is 16.6 Å². The van der Waals surface area contributed by atoms with Gasteiger partial charge in [0.15, 0.2) is 5.43 Å². The fourth-order valence-electron chi connectivity index (χ4n) is 3.62. The molecule has 0 spiro atoms. The van der Waals surface area contributed by atoms with Crippen molar-refractivity contribution in [2.45, 2.75) is 0 Å². The normalized spacial score (nSPS) is 11.1. The SMILES string of the molecule is O=c1cc(-c2cc3ccccc3cc2-c2ccccc2)oc2cccc(O)c12. The maximum atomic E-state index is 12.7. The second-order valence-electron chi connectivity index (χ2n) is 6.74. The lowest BCUT2D eigenvalue weighted by molar-refractivity contribution is 0.479. The highest BCUT2D eigenvalue weighted by atomic mass is 16.3. The van der Waals surface area contributed by atoms with Crippen LogP contribution in [-0.4, -0.2) is 5.11 Å². The van der Waals surface area contributed by atoms with Crippen LogP contribution in [-0.2, 0) is 0 Å². The largest absolute Gasteiger partial charge is 0.507 e. The molecule has 1 heterocycles. The van der Waals surface area contributed by atoms with Crippen LogP contribution in [0.3, 0.4) is 0 Å². The molecule has 0 atom stereocenters. The Labute approximate surface area is 161 Å². The van der Waals surface area contributed by atoms with Crippen LogP contribution in [0.15, 0.2) is 100 Å². The van der Waals surface area contributed by atoms with E-state index < -0.39 is 0 Å². The molecule has 28 heavy (non-hydrogen) atoms. The number of phenolic OH excluding ortho intramolecular Hbond substituents is 1. The molecule has 0 amide bonds. The van der Waals surface area contributed by atoms with Gasteiger partial charge in [-0.05, 0) is 46.2 Å². The van der Waals surface area contributed by atoms with Gasteiger partial charge >= 0.3 is 0 Å². The standard InChI is InChI=1S/C25H16O3/c26-21-11-6-12-23-25(21)22(27)15-24(28-23)20-14-18-10-5-4-9-17(18)13-19(20)16-7-2-1-3-8-16/h1-15,26H. The number of phenols is 1. The fourth-order valence-corrected chi connectivity index (χ4v) is 3.62. The van der Waals surface area contributed by atoms with E-state index in [9.17, 15) is 9.90 Å². The summed E-state index contributed by atoms with van der Waals surface area (Å²) in [4.78, 5) is 12.7. The van der Waals surface area contributed by atoms with Crippen LogP contribution >= 0.6 is 0 Å². The topological polar surface area (TPSA) is 50.4 Å². The molecule has 0 saturated heterocycles. The maximum Gasteiger partial charge on any atom is 0.197 e. The van der Waals surface area contributed by atoms with E-state index in [1.54, 1.807) is 12.1 Å². The van der Waals surface area contributed by atoms with Crippen LogP contribution < -0.4 is 5.43 Å². The van der Waals surface area contributed by atoms with Crippen molar-refractivity contribution in [3.8, 4) is 28.2 Å². The Balaban J connectivity index is 1.86. The van der Waals surface area contributed by atoms with E-state index in [1.807, 2.05) is 54.6 Å². The average molecular weight is 364 g/mol. The van der Waals surface area contributed by atoms with Gasteiger partial charge in [0.1, 0.15) is 22.5 Å². The van der Waals surface area contributed by atoms with E-state index in [2.05, 4.69) is 12.1 Å². The minimum atomic E-state index is -0.262. The average Bonchev–Trinajstić information content (AvgIpc) is 2.73. The molecule has 134 valence electrons. The molecule has 5 rings (SSSR count). The second-order valence-corrected chi connectivity index (χ2v) is 6.74. The van der Waals surface area contributed by atoms with Crippen molar-refractivity contribution in [1.82, 2.24) is 0 Å². The molecule has 3 nitrogen and oxygen atoms in total. The molecule has 0 bridgehead atoms. The zero-order valence-electron chi connectivity index (χ0n) is 14.9. The summed E-state index contributed by atoms with van der Waals surface area (Å²) >= 11 is 0. The first-order chi connectivity index (χ1) is 13.7. The zero-order chi connectivity index (χ0) is 19.1. The van der Waals surface area contributed by atoms with Gasteiger partial charge in [-0.3, -0.25) is 4.79 Å². The van der Waals surface area contributed by atoms with Crippen molar-refractivity contribution in [2.75, 3.05) is 0 Å². The summed E-state index contributed by atoms with van der Waals surface area (Å²) in [6.45, 7) is 0. The van der Waals surface area contributed by atoms with Gasteiger partial charge in [-0.1, -0.05) is 60.7 Å². The van der Waals surface area contributed by atoms with Crippen molar-refractivity contribution in [1.29, 1.82) is 0 Å². The Hall–Kier alpha value is -3.85. The summed E-state index contributed by atoms with van der Waals surface area (Å²) in [5.74, 6) is 0.410. The number of hydrogen-bond acceptors (Lipinski definition) is 3. The fraction of sp³-hybridized carbons (Fsp3) is 0. The van der Waals surface area contributed by atoms with Crippen molar-refractivity contribution >= 4 is 21.7 Å². The van der Waals surface area contributed by atoms with Gasteiger partial charge in [-0.2, -0.15) is 0 Å². The molecule has 1 aromatic heterocycles. The predicted molar refractivity (Wildman–Crippen MR) is 113 cm³/mol. The number of benzene rings is 4. The van der Waals surface area contributed by atoms with Crippen molar-refractivity contribution in [2.24, 2.45) is 0 Å². The summed E-state index contributed by atoms with van der Waals surface area (Å²) in [6, 6.07) is 28.6. The van der Waals surface area contributed by atoms with Crippen molar-refractivity contribution in [3.05, 3.63) is 101 Å². The molecule has 0 radical (unpaired) electrons. The van der Waals surface area contributed by atoms with E-state index >= 15 is 0 Å². The predicted octanol–water partition coefficient (Wildman–Crippen LogP) is 5.99. The molecule has 0 fully saturated rings. The molecular weight excluding hydrogens is 348 g/mol. The Morgan fingerprint density at radius 2 is 1.36 bits per heavy atom. The summed E-state index contributed by atoms with van der Waals surface area (Å²) in [5.41, 5.74) is 2.98. The molecule has 3 heteroatoms. The van der Waals surface area contributed by atoms with Gasteiger partial charge in [-0.15, -0.1) is 0 Å². The smallest absolute Gasteiger partial charge is 0.197 e. The van der Waals surface area contributed by atoms with Gasteiger partial charge in [0.05, 0.1) is 0 Å². The Bertz CT molecular complexity index is 1380. The summed E-state index contributed by atoms with van der Waals surface area (Å²) < 4.78 is 6.06. The first kappa shape index (κ1) is 16.3. The highest BCUT2D eigenvalue weighted by molar-refractivity contribution is 5.96.